The molecule has 0 bridgehead atoms. The molecule has 25 heavy (non-hydrogen) atoms. The molecule has 1 saturated heterocycles. The molecule has 1 fully saturated rings. The smallest absolute Gasteiger partial charge is 0.190 e. The zero-order valence-electron chi connectivity index (χ0n) is 15.8. The lowest BCUT2D eigenvalue weighted by Crippen LogP contribution is -2.42. The molecule has 142 valence electrons. The first-order chi connectivity index (χ1) is 11.7. The molecule has 1 aromatic rings. The van der Waals surface area contributed by atoms with Gasteiger partial charge in [0.2, 0.25) is 0 Å². The minimum Gasteiger partial charge on any atom is -0.373 e. The molecule has 0 radical (unpaired) electrons. The number of benzene rings is 1. The van der Waals surface area contributed by atoms with E-state index in [1.807, 2.05) is 7.05 Å². The number of hydrogen-bond donors (Lipinski definition) is 2. The number of rotatable bonds is 7. The molecule has 1 aromatic carbocycles. The number of guanidine groups is 1. The Morgan fingerprint density at radius 2 is 2.00 bits per heavy atom. The van der Waals surface area contributed by atoms with Crippen molar-refractivity contribution in [2.24, 2.45) is 16.8 Å². The van der Waals surface area contributed by atoms with E-state index < -0.39 is 0 Å². The summed E-state index contributed by atoms with van der Waals surface area (Å²) in [5.74, 6) is 2.14. The summed E-state index contributed by atoms with van der Waals surface area (Å²) in [6, 6.07) is 10.6. The Balaban J connectivity index is 0.00000312. The Hall–Kier alpha value is -0.820. The number of ether oxygens (including phenoxy) is 1. The number of nitrogens with zero attached hydrogens (tertiary/aromatic N) is 1. The minimum atomic E-state index is 0. The van der Waals surface area contributed by atoms with Gasteiger partial charge in [-0.05, 0) is 37.2 Å². The van der Waals surface area contributed by atoms with Gasteiger partial charge in [-0.15, -0.1) is 24.0 Å². The average Bonchev–Trinajstić information content (AvgIpc) is 2.62. The van der Waals surface area contributed by atoms with Crippen LogP contribution < -0.4 is 10.6 Å². The zero-order valence-corrected chi connectivity index (χ0v) is 18.2. The second-order valence-electron chi connectivity index (χ2n) is 7.02. The maximum atomic E-state index is 6.07. The van der Waals surface area contributed by atoms with E-state index >= 15 is 0 Å². The van der Waals surface area contributed by atoms with E-state index in [0.29, 0.717) is 5.92 Å². The van der Waals surface area contributed by atoms with Crippen molar-refractivity contribution in [3.05, 3.63) is 35.9 Å². The van der Waals surface area contributed by atoms with Gasteiger partial charge in [0.05, 0.1) is 6.10 Å². The summed E-state index contributed by atoms with van der Waals surface area (Å²) in [6.07, 6.45) is 4.94. The van der Waals surface area contributed by atoms with E-state index in [9.17, 15) is 0 Å². The van der Waals surface area contributed by atoms with Crippen molar-refractivity contribution in [2.75, 3.05) is 26.7 Å². The van der Waals surface area contributed by atoms with Crippen LogP contribution >= 0.6 is 24.0 Å². The largest absolute Gasteiger partial charge is 0.373 e. The quantitative estimate of drug-likeness (QED) is 0.276. The monoisotopic (exact) mass is 459 g/mol. The highest BCUT2D eigenvalue weighted by Gasteiger charge is 2.27. The molecule has 0 saturated carbocycles. The number of halogens is 1. The van der Waals surface area contributed by atoms with Gasteiger partial charge in [-0.2, -0.15) is 0 Å². The van der Waals surface area contributed by atoms with Crippen LogP contribution in [0.4, 0.5) is 0 Å². The molecule has 0 aromatic heterocycles. The van der Waals surface area contributed by atoms with Crippen LogP contribution in [0.2, 0.25) is 0 Å². The first kappa shape index (κ1) is 22.2. The topological polar surface area (TPSA) is 45.7 Å². The van der Waals surface area contributed by atoms with Crippen molar-refractivity contribution in [2.45, 2.75) is 45.6 Å². The Labute approximate surface area is 170 Å². The maximum Gasteiger partial charge on any atom is 0.190 e. The molecule has 1 heterocycles. The normalized spacial score (nSPS) is 20.9. The molecule has 2 atom stereocenters. The summed E-state index contributed by atoms with van der Waals surface area (Å²) in [6.45, 7) is 7.25. The maximum absolute atomic E-state index is 6.07. The third-order valence-corrected chi connectivity index (χ3v) is 4.58. The lowest BCUT2D eigenvalue weighted by molar-refractivity contribution is -0.0265. The van der Waals surface area contributed by atoms with Crippen LogP contribution in [0.15, 0.2) is 35.3 Å². The fourth-order valence-electron chi connectivity index (χ4n) is 3.23. The van der Waals surface area contributed by atoms with Crippen molar-refractivity contribution in [3.63, 3.8) is 0 Å². The van der Waals surface area contributed by atoms with Gasteiger partial charge in [-0.1, -0.05) is 44.2 Å². The molecule has 2 N–H and O–H groups in total. The van der Waals surface area contributed by atoms with Crippen molar-refractivity contribution in [1.82, 2.24) is 10.6 Å². The van der Waals surface area contributed by atoms with Crippen molar-refractivity contribution < 1.29 is 4.74 Å². The predicted octanol–water partition coefficient (Wildman–Crippen LogP) is 4.37. The highest BCUT2D eigenvalue weighted by atomic mass is 127. The van der Waals surface area contributed by atoms with Crippen LogP contribution in [0, 0.1) is 11.8 Å². The first-order valence-electron chi connectivity index (χ1n) is 9.31. The van der Waals surface area contributed by atoms with E-state index in [1.165, 1.54) is 24.8 Å². The van der Waals surface area contributed by atoms with Gasteiger partial charge in [0.1, 0.15) is 0 Å². The van der Waals surface area contributed by atoms with Crippen molar-refractivity contribution in [3.8, 4) is 0 Å². The van der Waals surface area contributed by atoms with Gasteiger partial charge in [0.25, 0.3) is 0 Å². The number of nitrogens with one attached hydrogen (secondary N) is 2. The lowest BCUT2D eigenvalue weighted by atomic mass is 9.89. The lowest BCUT2D eigenvalue weighted by Gasteiger charge is -2.32. The zero-order chi connectivity index (χ0) is 17.2. The van der Waals surface area contributed by atoms with E-state index in [-0.39, 0.29) is 30.1 Å². The summed E-state index contributed by atoms with van der Waals surface area (Å²) in [5, 5.41) is 6.90. The second kappa shape index (κ2) is 12.5. The molecule has 2 rings (SSSR count). The molecular weight excluding hydrogens is 425 g/mol. The predicted molar refractivity (Wildman–Crippen MR) is 117 cm³/mol. The van der Waals surface area contributed by atoms with E-state index in [4.69, 9.17) is 4.74 Å². The second-order valence-corrected chi connectivity index (χ2v) is 7.02. The summed E-state index contributed by atoms with van der Waals surface area (Å²) in [7, 11) is 1.84. The number of hydrogen-bond acceptors (Lipinski definition) is 2. The molecule has 0 spiro atoms. The summed E-state index contributed by atoms with van der Waals surface area (Å²) >= 11 is 0. The van der Waals surface area contributed by atoms with Gasteiger partial charge >= 0.3 is 0 Å². The van der Waals surface area contributed by atoms with E-state index in [0.717, 1.165) is 38.0 Å². The molecule has 1 aliphatic rings. The van der Waals surface area contributed by atoms with Crippen LogP contribution in [0.5, 0.6) is 0 Å². The molecule has 0 amide bonds. The highest BCUT2D eigenvalue weighted by Crippen LogP contribution is 2.32. The standard InChI is InChI=1S/C20H33N3O.HI/c1-16(2)9-7-13-22-20(21-3)23-15-18-12-8-14-24-19(18)17-10-5-4-6-11-17;/h4-6,10-11,16,18-19H,7-9,12-15H2,1-3H3,(H2,21,22,23);1H. The Morgan fingerprint density at radius 1 is 1.24 bits per heavy atom. The van der Waals surface area contributed by atoms with Crippen LogP contribution in [0.1, 0.15) is 51.2 Å². The fraction of sp³-hybridized carbons (Fsp3) is 0.650. The molecule has 4 nitrogen and oxygen atoms in total. The van der Waals surface area contributed by atoms with Crippen LogP contribution in [-0.4, -0.2) is 32.7 Å². The highest BCUT2D eigenvalue weighted by molar-refractivity contribution is 14.0. The Kier molecular flexibility index (Phi) is 11.1. The van der Waals surface area contributed by atoms with Crippen molar-refractivity contribution >= 4 is 29.9 Å². The average molecular weight is 459 g/mol. The molecule has 0 aliphatic carbocycles. The Bertz CT molecular complexity index is 493. The molecule has 1 aliphatic heterocycles. The molecule has 5 heteroatoms. The summed E-state index contributed by atoms with van der Waals surface area (Å²) in [4.78, 5) is 4.34. The summed E-state index contributed by atoms with van der Waals surface area (Å²) < 4.78 is 6.07. The minimum absolute atomic E-state index is 0. The summed E-state index contributed by atoms with van der Waals surface area (Å²) in [5.41, 5.74) is 1.28. The van der Waals surface area contributed by atoms with Gasteiger partial charge < -0.3 is 15.4 Å². The third kappa shape index (κ3) is 7.94. The molecular formula is C20H34IN3O. The van der Waals surface area contributed by atoms with E-state index in [2.05, 4.69) is 59.8 Å². The fourth-order valence-corrected chi connectivity index (χ4v) is 3.23. The SMILES string of the molecule is CN=C(NCCCC(C)C)NCC1CCCOC1c1ccccc1.I. The van der Waals surface area contributed by atoms with Crippen LogP contribution in [-0.2, 0) is 4.74 Å². The first-order valence-corrected chi connectivity index (χ1v) is 9.31. The van der Waals surface area contributed by atoms with Crippen molar-refractivity contribution in [1.29, 1.82) is 0 Å². The van der Waals surface area contributed by atoms with Gasteiger partial charge in [-0.25, -0.2) is 0 Å². The molecule has 2 unspecified atom stereocenters. The third-order valence-electron chi connectivity index (χ3n) is 4.58. The Morgan fingerprint density at radius 3 is 2.68 bits per heavy atom. The van der Waals surface area contributed by atoms with Gasteiger partial charge in [0, 0.05) is 32.7 Å². The van der Waals surface area contributed by atoms with E-state index in [1.54, 1.807) is 0 Å². The number of aliphatic imine (C=N–C) groups is 1. The van der Waals surface area contributed by atoms with Gasteiger partial charge in [0.15, 0.2) is 5.96 Å². The van der Waals surface area contributed by atoms with Gasteiger partial charge in [-0.3, -0.25) is 4.99 Å². The van der Waals surface area contributed by atoms with Crippen LogP contribution in [0.25, 0.3) is 0 Å². The van der Waals surface area contributed by atoms with Crippen LogP contribution in [0.3, 0.4) is 0 Å².